The normalized spacial score (nSPS) is 17.8. The van der Waals surface area contributed by atoms with Gasteiger partial charge in [-0.25, -0.2) is 0 Å². The largest absolute Gasteiger partial charge is 0.481 e. The van der Waals surface area contributed by atoms with Crippen LogP contribution in [0.4, 0.5) is 0 Å². The average molecular weight is 452 g/mol. The van der Waals surface area contributed by atoms with Gasteiger partial charge in [0.05, 0.1) is 10.8 Å². The smallest absolute Gasteiger partial charge is 0.315 e. The number of rotatable bonds is 8. The number of carbonyl (C=O) groups is 2. The van der Waals surface area contributed by atoms with Crippen molar-refractivity contribution in [3.63, 3.8) is 0 Å². The van der Waals surface area contributed by atoms with Gasteiger partial charge in [-0.1, -0.05) is 73.5 Å². The van der Waals surface area contributed by atoms with Crippen LogP contribution >= 0.6 is 0 Å². The predicted octanol–water partition coefficient (Wildman–Crippen LogP) is 5.16. The van der Waals surface area contributed by atoms with Crippen LogP contribution < -0.4 is 5.73 Å². The molecule has 1 aliphatic rings. The maximum Gasteiger partial charge on any atom is 0.315 e. The number of nitrogens with two attached hydrogens (primary N) is 1. The molecule has 0 radical (unpaired) electrons. The van der Waals surface area contributed by atoms with E-state index in [1.54, 1.807) is 6.92 Å². The van der Waals surface area contributed by atoms with Gasteiger partial charge in [0.2, 0.25) is 0 Å². The molecule has 1 atom stereocenters. The van der Waals surface area contributed by atoms with E-state index >= 15 is 0 Å². The zero-order valence-corrected chi connectivity index (χ0v) is 20.3. The van der Waals surface area contributed by atoms with Crippen molar-refractivity contribution < 1.29 is 19.4 Å². The highest BCUT2D eigenvalue weighted by atomic mass is 16.6. The van der Waals surface area contributed by atoms with E-state index in [1.165, 1.54) is 0 Å². The van der Waals surface area contributed by atoms with Crippen LogP contribution in [0.3, 0.4) is 0 Å². The lowest BCUT2D eigenvalue weighted by molar-refractivity contribution is -0.181. The highest BCUT2D eigenvalue weighted by Crippen LogP contribution is 2.55. The third kappa shape index (κ3) is 4.84. The van der Waals surface area contributed by atoms with Crippen LogP contribution in [0.15, 0.2) is 60.7 Å². The summed E-state index contributed by atoms with van der Waals surface area (Å²) in [5.41, 5.74) is 4.42. The summed E-state index contributed by atoms with van der Waals surface area (Å²) in [6.45, 7) is 7.26. The number of esters is 1. The minimum atomic E-state index is -1.36. The maximum absolute atomic E-state index is 14.2. The molecule has 2 aromatic rings. The van der Waals surface area contributed by atoms with Crippen LogP contribution in [-0.4, -0.2) is 28.2 Å². The van der Waals surface area contributed by atoms with E-state index in [9.17, 15) is 14.7 Å². The minimum Gasteiger partial charge on any atom is -0.481 e. The summed E-state index contributed by atoms with van der Waals surface area (Å²) in [6.07, 6.45) is 3.03. The van der Waals surface area contributed by atoms with Gasteiger partial charge in [0.1, 0.15) is 5.60 Å². The second kappa shape index (κ2) is 9.30. The van der Waals surface area contributed by atoms with Gasteiger partial charge in [0, 0.05) is 5.54 Å². The lowest BCUT2D eigenvalue weighted by Gasteiger charge is -2.53. The first-order chi connectivity index (χ1) is 15.4. The number of carboxylic acid groups (broad SMARTS) is 1. The van der Waals surface area contributed by atoms with Crippen molar-refractivity contribution in [3.05, 3.63) is 71.8 Å². The molecule has 5 nitrogen and oxygen atoms in total. The van der Waals surface area contributed by atoms with Gasteiger partial charge < -0.3 is 15.6 Å². The zero-order chi connectivity index (χ0) is 24.3. The number of aliphatic carboxylic acids is 1. The summed E-state index contributed by atoms with van der Waals surface area (Å²) in [6, 6.07) is 19.4. The van der Waals surface area contributed by atoms with Crippen LogP contribution in [0, 0.1) is 10.8 Å². The molecule has 0 amide bonds. The molecule has 0 heterocycles. The summed E-state index contributed by atoms with van der Waals surface area (Å²) < 4.78 is 6.01. The number of benzene rings is 2. The number of hydrogen-bond acceptors (Lipinski definition) is 4. The Bertz CT molecular complexity index is 913. The molecule has 0 aliphatic heterocycles. The highest BCUT2D eigenvalue weighted by Gasteiger charge is 2.66. The second-order valence-corrected chi connectivity index (χ2v) is 10.7. The first-order valence-corrected chi connectivity index (χ1v) is 11.8. The predicted molar refractivity (Wildman–Crippen MR) is 130 cm³/mol. The third-order valence-corrected chi connectivity index (χ3v) is 7.34. The van der Waals surface area contributed by atoms with Crippen molar-refractivity contribution in [1.29, 1.82) is 0 Å². The summed E-state index contributed by atoms with van der Waals surface area (Å²) >= 11 is 0. The maximum atomic E-state index is 14.2. The van der Waals surface area contributed by atoms with Gasteiger partial charge in [-0.05, 0) is 64.5 Å². The highest BCUT2D eigenvalue weighted by molar-refractivity contribution is 5.85. The first kappa shape index (κ1) is 25.0. The Balaban J connectivity index is 2.26. The molecular formula is C28H37NO4. The van der Waals surface area contributed by atoms with Crippen LogP contribution in [0.5, 0.6) is 0 Å². The average Bonchev–Trinajstić information content (AvgIpc) is 3.25. The molecule has 0 saturated heterocycles. The summed E-state index contributed by atoms with van der Waals surface area (Å²) in [4.78, 5) is 27.0. The Morgan fingerprint density at radius 1 is 0.879 bits per heavy atom. The summed E-state index contributed by atoms with van der Waals surface area (Å²) in [5.74, 6) is -1.38. The van der Waals surface area contributed by atoms with E-state index in [0.717, 1.165) is 24.0 Å². The summed E-state index contributed by atoms with van der Waals surface area (Å²) in [7, 11) is 0. The van der Waals surface area contributed by atoms with Crippen LogP contribution in [-0.2, 0) is 27.2 Å². The number of ether oxygens (including phenoxy) is 1. The number of hydrogen-bond donors (Lipinski definition) is 2. The van der Waals surface area contributed by atoms with Gasteiger partial charge in [0.25, 0.3) is 0 Å². The van der Waals surface area contributed by atoms with Crippen molar-refractivity contribution in [1.82, 2.24) is 0 Å². The molecule has 178 valence electrons. The molecule has 0 spiro atoms. The third-order valence-electron chi connectivity index (χ3n) is 7.34. The quantitative estimate of drug-likeness (QED) is 0.541. The topological polar surface area (TPSA) is 89.6 Å². The fourth-order valence-corrected chi connectivity index (χ4v) is 5.44. The molecule has 33 heavy (non-hydrogen) atoms. The van der Waals surface area contributed by atoms with E-state index in [4.69, 9.17) is 10.5 Å². The Labute approximate surface area is 197 Å². The summed E-state index contributed by atoms with van der Waals surface area (Å²) in [5, 5.41) is 10.5. The van der Waals surface area contributed by atoms with Crippen LogP contribution in [0.2, 0.25) is 0 Å². The first-order valence-electron chi connectivity index (χ1n) is 11.8. The van der Waals surface area contributed by atoms with Crippen molar-refractivity contribution in [2.45, 2.75) is 77.4 Å². The van der Waals surface area contributed by atoms with Gasteiger partial charge >= 0.3 is 11.9 Å². The molecule has 1 fully saturated rings. The van der Waals surface area contributed by atoms with Crippen molar-refractivity contribution in [2.24, 2.45) is 16.6 Å². The Kier molecular flexibility index (Phi) is 7.04. The van der Waals surface area contributed by atoms with Crippen LogP contribution in [0.1, 0.15) is 64.5 Å². The van der Waals surface area contributed by atoms with Crippen molar-refractivity contribution in [3.8, 4) is 0 Å². The molecule has 0 aromatic heterocycles. The molecule has 3 rings (SSSR count). The molecule has 1 unspecified atom stereocenters. The van der Waals surface area contributed by atoms with Gasteiger partial charge in [-0.3, -0.25) is 9.59 Å². The number of carboxylic acids is 1. The standard InChI is InChI=1S/C28H37NO4/c1-25(2,3)33-24(32)28(19-21-13-7-5-8-14-21,20-22-15-9-6-10-16-22)26(4,29)27(23(30)31)17-11-12-18-27/h5-10,13-16H,11-12,17-20,29H2,1-4H3,(H,30,31). The van der Waals surface area contributed by atoms with E-state index in [-0.39, 0.29) is 0 Å². The molecular weight excluding hydrogens is 414 g/mol. The monoisotopic (exact) mass is 451 g/mol. The van der Waals surface area contributed by atoms with Crippen molar-refractivity contribution >= 4 is 11.9 Å². The van der Waals surface area contributed by atoms with Gasteiger partial charge in [-0.2, -0.15) is 0 Å². The van der Waals surface area contributed by atoms with E-state index in [2.05, 4.69) is 0 Å². The van der Waals surface area contributed by atoms with Crippen LogP contribution in [0.25, 0.3) is 0 Å². The van der Waals surface area contributed by atoms with Crippen molar-refractivity contribution in [2.75, 3.05) is 0 Å². The number of carbonyl (C=O) groups excluding carboxylic acids is 1. The van der Waals surface area contributed by atoms with E-state index < -0.39 is 33.9 Å². The zero-order valence-electron chi connectivity index (χ0n) is 20.3. The molecule has 1 aliphatic carbocycles. The molecule has 2 aromatic carbocycles. The molecule has 5 heteroatoms. The van der Waals surface area contributed by atoms with Gasteiger partial charge in [-0.15, -0.1) is 0 Å². The SMILES string of the molecule is CC(C)(C)OC(=O)C(Cc1ccccc1)(Cc1ccccc1)C(C)(N)C1(C(=O)O)CCCC1. The van der Waals surface area contributed by atoms with Gasteiger partial charge in [0.15, 0.2) is 0 Å². The van der Waals surface area contributed by atoms with E-state index in [1.807, 2.05) is 81.4 Å². The Hall–Kier alpha value is -2.66. The lowest BCUT2D eigenvalue weighted by Crippen LogP contribution is -2.70. The Morgan fingerprint density at radius 3 is 1.67 bits per heavy atom. The minimum absolute atomic E-state index is 0.291. The molecule has 1 saturated carbocycles. The Morgan fingerprint density at radius 2 is 1.30 bits per heavy atom. The second-order valence-electron chi connectivity index (χ2n) is 10.7. The molecule has 0 bridgehead atoms. The molecule has 3 N–H and O–H groups in total. The van der Waals surface area contributed by atoms with E-state index in [0.29, 0.717) is 25.7 Å². The fraction of sp³-hybridized carbons (Fsp3) is 0.500. The fourth-order valence-electron chi connectivity index (χ4n) is 5.44. The lowest BCUT2D eigenvalue weighted by atomic mass is 9.52.